The lowest BCUT2D eigenvalue weighted by Crippen LogP contribution is -2.28. The van der Waals surface area contributed by atoms with Crippen molar-refractivity contribution >= 4 is 34.8 Å². The molecule has 118 valence electrons. The topological polar surface area (TPSA) is 55.6 Å². The van der Waals surface area contributed by atoms with Crippen LogP contribution in [-0.2, 0) is 11.3 Å². The van der Waals surface area contributed by atoms with Gasteiger partial charge in [0.15, 0.2) is 6.61 Å². The molecule has 0 aliphatic carbocycles. The zero-order valence-corrected chi connectivity index (χ0v) is 13.5. The summed E-state index contributed by atoms with van der Waals surface area (Å²) in [4.78, 5) is 16.2. The number of imidazole rings is 1. The minimum Gasteiger partial charge on any atom is -0.482 e. The molecule has 0 aliphatic heterocycles. The molecule has 0 aliphatic rings. The standard InChI is InChI=1S/C16H13Cl2N3O2/c17-11-5-6-21-9-12(20-15(21)7-11)8-19-16(22)10-23-14-4-2-1-3-13(14)18/h1-7,9H,8,10H2,(H,19,22). The maximum atomic E-state index is 11.8. The van der Waals surface area contributed by atoms with Crippen LogP contribution >= 0.6 is 23.2 Å². The van der Waals surface area contributed by atoms with Crippen LogP contribution in [0.3, 0.4) is 0 Å². The lowest BCUT2D eigenvalue weighted by Gasteiger charge is -2.07. The molecule has 23 heavy (non-hydrogen) atoms. The van der Waals surface area contributed by atoms with Gasteiger partial charge in [0.1, 0.15) is 11.4 Å². The Morgan fingerprint density at radius 1 is 1.26 bits per heavy atom. The fourth-order valence-corrected chi connectivity index (χ4v) is 2.38. The van der Waals surface area contributed by atoms with E-state index in [4.69, 9.17) is 27.9 Å². The fourth-order valence-electron chi connectivity index (χ4n) is 2.04. The van der Waals surface area contributed by atoms with Gasteiger partial charge in [-0.25, -0.2) is 4.98 Å². The van der Waals surface area contributed by atoms with E-state index in [-0.39, 0.29) is 12.5 Å². The zero-order valence-electron chi connectivity index (χ0n) is 12.0. The normalized spacial score (nSPS) is 10.7. The van der Waals surface area contributed by atoms with E-state index < -0.39 is 0 Å². The van der Waals surface area contributed by atoms with E-state index in [1.54, 1.807) is 36.4 Å². The van der Waals surface area contributed by atoms with Crippen molar-refractivity contribution in [1.82, 2.24) is 14.7 Å². The van der Waals surface area contributed by atoms with Crippen LogP contribution in [0.1, 0.15) is 5.69 Å². The maximum Gasteiger partial charge on any atom is 0.258 e. The molecule has 0 unspecified atom stereocenters. The number of amides is 1. The highest BCUT2D eigenvalue weighted by atomic mass is 35.5. The minimum atomic E-state index is -0.250. The lowest BCUT2D eigenvalue weighted by atomic mass is 10.3. The molecule has 0 atom stereocenters. The molecule has 7 heteroatoms. The Labute approximate surface area is 142 Å². The lowest BCUT2D eigenvalue weighted by molar-refractivity contribution is -0.123. The Bertz CT molecular complexity index is 848. The van der Waals surface area contributed by atoms with Gasteiger partial charge >= 0.3 is 0 Å². The third-order valence-electron chi connectivity index (χ3n) is 3.13. The van der Waals surface area contributed by atoms with E-state index >= 15 is 0 Å². The molecule has 3 rings (SSSR count). The van der Waals surface area contributed by atoms with Gasteiger partial charge in [0.25, 0.3) is 5.91 Å². The molecule has 1 N–H and O–H groups in total. The molecule has 0 saturated heterocycles. The molecule has 1 amide bonds. The first-order chi connectivity index (χ1) is 11.1. The molecular weight excluding hydrogens is 337 g/mol. The molecule has 0 fully saturated rings. The highest BCUT2D eigenvalue weighted by molar-refractivity contribution is 6.32. The van der Waals surface area contributed by atoms with E-state index in [0.717, 1.165) is 11.3 Å². The van der Waals surface area contributed by atoms with Crippen molar-refractivity contribution < 1.29 is 9.53 Å². The van der Waals surface area contributed by atoms with Gasteiger partial charge in [-0.2, -0.15) is 0 Å². The van der Waals surface area contributed by atoms with Crippen molar-refractivity contribution in [1.29, 1.82) is 0 Å². The van der Waals surface area contributed by atoms with Crippen LogP contribution in [0.4, 0.5) is 0 Å². The Kier molecular flexibility index (Phi) is 4.69. The third kappa shape index (κ3) is 3.94. The summed E-state index contributed by atoms with van der Waals surface area (Å²) in [5, 5.41) is 3.84. The van der Waals surface area contributed by atoms with Gasteiger partial charge in [0.05, 0.1) is 17.3 Å². The van der Waals surface area contributed by atoms with Crippen LogP contribution in [0.15, 0.2) is 48.8 Å². The van der Waals surface area contributed by atoms with Gasteiger partial charge in [-0.3, -0.25) is 4.79 Å². The number of nitrogens with one attached hydrogen (secondary N) is 1. The molecule has 0 spiro atoms. The van der Waals surface area contributed by atoms with Gasteiger partial charge in [-0.05, 0) is 24.3 Å². The number of hydrogen-bond donors (Lipinski definition) is 1. The number of halogens is 2. The molecule has 2 aromatic heterocycles. The summed E-state index contributed by atoms with van der Waals surface area (Å²) in [7, 11) is 0. The number of rotatable bonds is 5. The monoisotopic (exact) mass is 349 g/mol. The summed E-state index contributed by atoms with van der Waals surface area (Å²) >= 11 is 11.9. The van der Waals surface area contributed by atoms with Crippen molar-refractivity contribution in [3.63, 3.8) is 0 Å². The molecule has 0 saturated carbocycles. The number of aromatic nitrogens is 2. The smallest absolute Gasteiger partial charge is 0.258 e. The first-order valence-electron chi connectivity index (χ1n) is 6.89. The van der Waals surface area contributed by atoms with Crippen LogP contribution < -0.4 is 10.1 Å². The van der Waals surface area contributed by atoms with E-state index in [9.17, 15) is 4.79 Å². The molecule has 0 bridgehead atoms. The Balaban J connectivity index is 1.54. The fraction of sp³-hybridized carbons (Fsp3) is 0.125. The van der Waals surface area contributed by atoms with Gasteiger partial charge in [0.2, 0.25) is 0 Å². The Morgan fingerprint density at radius 2 is 2.09 bits per heavy atom. The number of para-hydroxylation sites is 1. The van der Waals surface area contributed by atoms with Crippen molar-refractivity contribution in [2.45, 2.75) is 6.54 Å². The highest BCUT2D eigenvalue weighted by Crippen LogP contribution is 2.22. The zero-order chi connectivity index (χ0) is 16.2. The summed E-state index contributed by atoms with van der Waals surface area (Å²) in [6.07, 6.45) is 3.65. The molecule has 0 radical (unpaired) electrons. The second-order valence-electron chi connectivity index (χ2n) is 4.84. The van der Waals surface area contributed by atoms with E-state index in [1.165, 1.54) is 0 Å². The van der Waals surface area contributed by atoms with Crippen LogP contribution in [0.2, 0.25) is 10.0 Å². The van der Waals surface area contributed by atoms with Crippen LogP contribution in [0, 0.1) is 0 Å². The van der Waals surface area contributed by atoms with Crippen molar-refractivity contribution in [2.75, 3.05) is 6.61 Å². The largest absolute Gasteiger partial charge is 0.482 e. The van der Waals surface area contributed by atoms with Gasteiger partial charge < -0.3 is 14.5 Å². The number of pyridine rings is 1. The van der Waals surface area contributed by atoms with Crippen LogP contribution in [0.5, 0.6) is 5.75 Å². The molecule has 1 aromatic carbocycles. The van der Waals surface area contributed by atoms with Crippen molar-refractivity contribution in [3.05, 3.63) is 64.5 Å². The number of carbonyl (C=O) groups excluding carboxylic acids is 1. The summed E-state index contributed by atoms with van der Waals surface area (Å²) in [5.41, 5.74) is 1.47. The number of ether oxygens (including phenoxy) is 1. The predicted octanol–water partition coefficient (Wildman–Crippen LogP) is 3.34. The van der Waals surface area contributed by atoms with Crippen molar-refractivity contribution in [2.24, 2.45) is 0 Å². The van der Waals surface area contributed by atoms with Gasteiger partial charge in [0, 0.05) is 17.4 Å². The first-order valence-corrected chi connectivity index (χ1v) is 7.64. The van der Waals surface area contributed by atoms with E-state index in [0.29, 0.717) is 22.3 Å². The average molecular weight is 350 g/mol. The molecular formula is C16H13Cl2N3O2. The number of nitrogens with zero attached hydrogens (tertiary/aromatic N) is 2. The number of hydrogen-bond acceptors (Lipinski definition) is 3. The highest BCUT2D eigenvalue weighted by Gasteiger charge is 2.07. The van der Waals surface area contributed by atoms with Gasteiger partial charge in [-0.1, -0.05) is 35.3 Å². The van der Waals surface area contributed by atoms with Crippen LogP contribution in [-0.4, -0.2) is 21.9 Å². The molecule has 2 heterocycles. The predicted molar refractivity (Wildman–Crippen MR) is 89.0 cm³/mol. The summed E-state index contributed by atoms with van der Waals surface area (Å²) in [6.45, 7) is 0.201. The SMILES string of the molecule is O=C(COc1ccccc1Cl)NCc1cn2ccc(Cl)cc2n1. The quantitative estimate of drug-likeness (QED) is 0.768. The van der Waals surface area contributed by atoms with Crippen LogP contribution in [0.25, 0.3) is 5.65 Å². The molecule has 3 aromatic rings. The minimum absolute atomic E-state index is 0.108. The third-order valence-corrected chi connectivity index (χ3v) is 3.68. The van der Waals surface area contributed by atoms with Gasteiger partial charge in [-0.15, -0.1) is 0 Å². The molecule has 5 nitrogen and oxygen atoms in total. The average Bonchev–Trinajstić information content (AvgIpc) is 2.94. The number of fused-ring (bicyclic) bond motifs is 1. The second kappa shape index (κ2) is 6.89. The second-order valence-corrected chi connectivity index (χ2v) is 5.68. The summed E-state index contributed by atoms with van der Waals surface area (Å²) < 4.78 is 7.22. The first kappa shape index (κ1) is 15.6. The number of benzene rings is 1. The Morgan fingerprint density at radius 3 is 2.91 bits per heavy atom. The number of carbonyl (C=O) groups is 1. The Hall–Kier alpha value is -2.24. The summed E-state index contributed by atoms with van der Waals surface area (Å²) in [5.74, 6) is 0.228. The summed E-state index contributed by atoms with van der Waals surface area (Å²) in [6, 6.07) is 10.5. The maximum absolute atomic E-state index is 11.8. The van der Waals surface area contributed by atoms with E-state index in [2.05, 4.69) is 10.3 Å². The van der Waals surface area contributed by atoms with Crippen molar-refractivity contribution in [3.8, 4) is 5.75 Å². The van der Waals surface area contributed by atoms with E-state index in [1.807, 2.05) is 16.8 Å².